The Labute approximate surface area is 82.2 Å². The lowest BCUT2D eigenvalue weighted by Gasteiger charge is -2.30. The van der Waals surface area contributed by atoms with Crippen molar-refractivity contribution in [1.29, 1.82) is 0 Å². The van der Waals surface area contributed by atoms with E-state index < -0.39 is 0 Å². The van der Waals surface area contributed by atoms with Crippen molar-refractivity contribution in [2.45, 2.75) is 59.3 Å². The molecule has 0 aromatic carbocycles. The van der Waals surface area contributed by atoms with Gasteiger partial charge in [-0.25, -0.2) is 0 Å². The lowest BCUT2D eigenvalue weighted by atomic mass is 9.76. The highest BCUT2D eigenvalue weighted by molar-refractivity contribution is 5.75. The molecule has 1 unspecified atom stereocenters. The Hall–Kier alpha value is 0.217. The van der Waals surface area contributed by atoms with Gasteiger partial charge in [0, 0.05) is 0 Å². The summed E-state index contributed by atoms with van der Waals surface area (Å²) in [5.74, 6) is 0.963. The van der Waals surface area contributed by atoms with E-state index in [1.54, 1.807) is 0 Å². The minimum absolute atomic E-state index is 0. The Morgan fingerprint density at radius 1 is 1.08 bits per heavy atom. The molecule has 0 N–H and O–H groups in total. The molecule has 1 fully saturated rings. The minimum Gasteiger partial charge on any atom is -0.0625 e. The molecule has 74 valence electrons. The average molecular weight is 186 g/mol. The van der Waals surface area contributed by atoms with E-state index in [0.717, 1.165) is 5.92 Å². The first kappa shape index (κ1) is 12.2. The van der Waals surface area contributed by atoms with Gasteiger partial charge in [0.2, 0.25) is 0 Å². The number of hydrogen-bond acceptors (Lipinski definition) is 0. The maximum Gasteiger partial charge on any atom is -0.0149 e. The Morgan fingerprint density at radius 2 is 1.75 bits per heavy atom. The Balaban J connectivity index is 0.00000121. The summed E-state index contributed by atoms with van der Waals surface area (Å²) in [7, 11) is 0. The zero-order valence-electron chi connectivity index (χ0n) is 8.32. The van der Waals surface area contributed by atoms with Gasteiger partial charge in [0.1, 0.15) is 0 Å². The van der Waals surface area contributed by atoms with Crippen molar-refractivity contribution in [2.24, 2.45) is 11.3 Å². The van der Waals surface area contributed by atoms with E-state index in [-0.39, 0.29) is 11.0 Å². The highest BCUT2D eigenvalue weighted by Gasteiger charge is 2.22. The first-order valence-corrected chi connectivity index (χ1v) is 5.10. The maximum absolute atomic E-state index is 2.43. The maximum atomic E-state index is 2.43. The average Bonchev–Trinajstić information content (AvgIpc) is 1.82. The largest absolute Gasteiger partial charge is 0.0625 e. The van der Waals surface area contributed by atoms with Crippen molar-refractivity contribution in [3.8, 4) is 0 Å². The molecule has 0 nitrogen and oxygen atoms in total. The van der Waals surface area contributed by atoms with Crippen LogP contribution in [0.3, 0.4) is 0 Å². The topological polar surface area (TPSA) is 0 Å². The van der Waals surface area contributed by atoms with Crippen molar-refractivity contribution in [2.75, 3.05) is 0 Å². The van der Waals surface area contributed by atoms with Gasteiger partial charge in [-0.05, 0) is 35.1 Å². The second-order valence-electron chi connectivity index (χ2n) is 5.07. The summed E-state index contributed by atoms with van der Waals surface area (Å²) < 4.78 is 0. The van der Waals surface area contributed by atoms with Crippen LogP contribution < -0.4 is 0 Å². The fourth-order valence-electron chi connectivity index (χ4n) is 2.42. The normalized spacial score (nSPS) is 29.8. The molecule has 1 rings (SSSR count). The van der Waals surface area contributed by atoms with Crippen LogP contribution in [0.25, 0.3) is 0 Å². The lowest BCUT2D eigenvalue weighted by Crippen LogP contribution is -2.17. The zero-order valence-corrected chi connectivity index (χ0v) is 8.32. The molecule has 0 saturated heterocycles. The van der Waals surface area contributed by atoms with Gasteiger partial charge in [0.15, 0.2) is 0 Å². The van der Waals surface area contributed by atoms with E-state index in [0.29, 0.717) is 5.41 Å². The van der Waals surface area contributed by atoms with Crippen LogP contribution in [0.5, 0.6) is 0 Å². The molecule has 0 aromatic rings. The molecule has 0 amide bonds. The summed E-state index contributed by atoms with van der Waals surface area (Å²) in [4.78, 5) is 0. The minimum atomic E-state index is 0. The molecule has 0 aliphatic heterocycles. The van der Waals surface area contributed by atoms with Crippen molar-refractivity contribution < 1.29 is 0 Å². The Bertz CT molecular complexity index is 118. The molecule has 0 spiro atoms. The predicted molar refractivity (Wildman–Crippen MR) is 62.0 cm³/mol. The van der Waals surface area contributed by atoms with E-state index in [4.69, 9.17) is 0 Å². The van der Waals surface area contributed by atoms with Crippen LogP contribution in [0.1, 0.15) is 59.3 Å². The third-order valence-corrected chi connectivity index (χ3v) is 2.95. The van der Waals surface area contributed by atoms with Gasteiger partial charge in [0.25, 0.3) is 0 Å². The van der Waals surface area contributed by atoms with E-state index in [1.807, 2.05) is 0 Å². The van der Waals surface area contributed by atoms with Crippen molar-refractivity contribution in [1.82, 2.24) is 0 Å². The number of hydrogen-bond donors (Lipinski definition) is 0. The molecule has 1 aliphatic rings. The van der Waals surface area contributed by atoms with Gasteiger partial charge in [-0.3, -0.25) is 0 Å². The molecule has 1 aliphatic carbocycles. The molecule has 0 aromatic heterocycles. The molecule has 1 atom stereocenters. The fourth-order valence-corrected chi connectivity index (χ4v) is 2.42. The monoisotopic (exact) mass is 186 g/mol. The van der Waals surface area contributed by atoms with Crippen LogP contribution in [0, 0.1) is 11.3 Å². The van der Waals surface area contributed by atoms with Crippen LogP contribution in [0.4, 0.5) is 0 Å². The second-order valence-corrected chi connectivity index (χ2v) is 5.07. The second kappa shape index (κ2) is 5.06. The molecule has 0 radical (unpaired) electrons. The van der Waals surface area contributed by atoms with Crippen molar-refractivity contribution >= 4 is 11.0 Å². The van der Waals surface area contributed by atoms with Crippen LogP contribution in [-0.4, -0.2) is 11.0 Å². The summed E-state index contributed by atoms with van der Waals surface area (Å²) in [6.45, 7) is 7.26. The van der Waals surface area contributed by atoms with Gasteiger partial charge in [-0.1, -0.05) is 46.5 Å². The third kappa shape index (κ3) is 4.29. The smallest absolute Gasteiger partial charge is 0.0149 e. The molecule has 1 heteroatoms. The molecular formula is C11H26Si. The summed E-state index contributed by atoms with van der Waals surface area (Å²) in [5.41, 5.74) is 0.625. The highest BCUT2D eigenvalue weighted by Crippen LogP contribution is 2.35. The van der Waals surface area contributed by atoms with Gasteiger partial charge < -0.3 is 0 Å². The first-order chi connectivity index (χ1) is 5.10. The lowest BCUT2D eigenvalue weighted by molar-refractivity contribution is 0.220. The summed E-state index contributed by atoms with van der Waals surface area (Å²) >= 11 is 0. The quantitative estimate of drug-likeness (QED) is 0.510. The van der Waals surface area contributed by atoms with Gasteiger partial charge >= 0.3 is 0 Å². The molecular weight excluding hydrogens is 160 g/mol. The van der Waals surface area contributed by atoms with E-state index >= 15 is 0 Å². The molecule has 0 bridgehead atoms. The number of rotatable bonds is 0. The highest BCUT2D eigenvalue weighted by atomic mass is 28.1. The van der Waals surface area contributed by atoms with Crippen LogP contribution in [-0.2, 0) is 0 Å². The first-order valence-electron chi connectivity index (χ1n) is 5.10. The molecule has 0 heterocycles. The molecule has 12 heavy (non-hydrogen) atoms. The standard InChI is InChI=1S/C11H22.H4Si/c1-10-7-5-4-6-8-11(2,3)9-10;/h10H,4-9H2,1-3H3;1H4. The predicted octanol–water partition coefficient (Wildman–Crippen LogP) is 2.55. The van der Waals surface area contributed by atoms with Gasteiger partial charge in [-0.2, -0.15) is 0 Å². The SMILES string of the molecule is CC1CCCCCC(C)(C)C1.[SiH4]. The van der Waals surface area contributed by atoms with E-state index in [1.165, 1.54) is 38.5 Å². The summed E-state index contributed by atoms with van der Waals surface area (Å²) in [6, 6.07) is 0. The van der Waals surface area contributed by atoms with E-state index in [2.05, 4.69) is 20.8 Å². The summed E-state index contributed by atoms with van der Waals surface area (Å²) in [6.07, 6.45) is 8.73. The van der Waals surface area contributed by atoms with Crippen LogP contribution in [0.15, 0.2) is 0 Å². The summed E-state index contributed by atoms with van der Waals surface area (Å²) in [5, 5.41) is 0. The van der Waals surface area contributed by atoms with Gasteiger partial charge in [-0.15, -0.1) is 0 Å². The van der Waals surface area contributed by atoms with Crippen molar-refractivity contribution in [3.63, 3.8) is 0 Å². The van der Waals surface area contributed by atoms with Crippen LogP contribution in [0.2, 0.25) is 0 Å². The Morgan fingerprint density at radius 3 is 2.42 bits per heavy atom. The zero-order chi connectivity index (χ0) is 8.32. The Kier molecular flexibility index (Phi) is 5.15. The molecule has 1 saturated carbocycles. The fraction of sp³-hybridized carbons (Fsp3) is 1.00. The third-order valence-electron chi connectivity index (χ3n) is 2.95. The van der Waals surface area contributed by atoms with Crippen molar-refractivity contribution in [3.05, 3.63) is 0 Å². The van der Waals surface area contributed by atoms with E-state index in [9.17, 15) is 0 Å². The van der Waals surface area contributed by atoms with Crippen LogP contribution >= 0.6 is 0 Å². The van der Waals surface area contributed by atoms with Gasteiger partial charge in [0.05, 0.1) is 0 Å².